The summed E-state index contributed by atoms with van der Waals surface area (Å²) >= 11 is 6.63. The molecule has 2 aliphatic carbocycles. The minimum Gasteiger partial charge on any atom is -0.463 e. The van der Waals surface area contributed by atoms with Gasteiger partial charge in [0.15, 0.2) is 0 Å². The fourth-order valence-electron chi connectivity index (χ4n) is 5.73. The van der Waals surface area contributed by atoms with E-state index >= 15 is 0 Å². The second kappa shape index (κ2) is 7.26. The number of halogens is 1. The second-order valence-electron chi connectivity index (χ2n) is 10.0. The standard InChI is InChI=1S/C22H35ClO5/c1-14-6-7-17(23)21(26,13-27-15(2)24)12-18-22(28-18)16(19(3,4)25)9-11-20(22,5)10-8-14/h16-18,25-26H,1,6-13H2,2-5H3/t16-,17-,18-,20+,21-,22-/m0/s1. The molecule has 6 atom stereocenters. The number of hydrogen-bond acceptors (Lipinski definition) is 5. The molecule has 0 aromatic rings. The van der Waals surface area contributed by atoms with Gasteiger partial charge in [-0.25, -0.2) is 0 Å². The lowest BCUT2D eigenvalue weighted by Crippen LogP contribution is -2.49. The number of aliphatic hydroxyl groups is 2. The summed E-state index contributed by atoms with van der Waals surface area (Å²) in [4.78, 5) is 11.4. The monoisotopic (exact) mass is 414 g/mol. The van der Waals surface area contributed by atoms with Crippen LogP contribution in [0, 0.1) is 11.3 Å². The summed E-state index contributed by atoms with van der Waals surface area (Å²) in [6.45, 7) is 11.3. The van der Waals surface area contributed by atoms with Crippen molar-refractivity contribution in [3.05, 3.63) is 12.2 Å². The maximum atomic E-state index is 11.4. The van der Waals surface area contributed by atoms with Crippen molar-refractivity contribution >= 4 is 17.6 Å². The molecule has 5 nitrogen and oxygen atoms in total. The number of ether oxygens (including phenoxy) is 2. The van der Waals surface area contributed by atoms with Gasteiger partial charge in [0.2, 0.25) is 0 Å². The van der Waals surface area contributed by atoms with E-state index in [4.69, 9.17) is 21.1 Å². The van der Waals surface area contributed by atoms with E-state index in [0.29, 0.717) is 12.8 Å². The first-order chi connectivity index (χ1) is 12.8. The Labute approximate surface area is 173 Å². The highest BCUT2D eigenvalue weighted by Gasteiger charge is 2.75. The van der Waals surface area contributed by atoms with Crippen molar-refractivity contribution in [3.8, 4) is 0 Å². The van der Waals surface area contributed by atoms with E-state index in [9.17, 15) is 15.0 Å². The van der Waals surface area contributed by atoms with E-state index in [1.165, 1.54) is 6.92 Å². The Morgan fingerprint density at radius 1 is 1.36 bits per heavy atom. The average molecular weight is 415 g/mol. The Hall–Kier alpha value is -0.620. The van der Waals surface area contributed by atoms with Crippen molar-refractivity contribution in [2.45, 2.75) is 101 Å². The van der Waals surface area contributed by atoms with Crippen LogP contribution in [0.1, 0.15) is 72.6 Å². The Morgan fingerprint density at radius 2 is 2.04 bits per heavy atom. The first kappa shape index (κ1) is 22.1. The molecule has 3 rings (SSSR count). The van der Waals surface area contributed by atoms with E-state index in [1.54, 1.807) is 0 Å². The van der Waals surface area contributed by atoms with Crippen molar-refractivity contribution in [2.75, 3.05) is 6.61 Å². The van der Waals surface area contributed by atoms with Gasteiger partial charge < -0.3 is 19.7 Å². The fourth-order valence-corrected chi connectivity index (χ4v) is 5.99. The number of carbonyl (C=O) groups excluding carboxylic acids is 1. The normalized spacial score (nSPS) is 44.2. The zero-order valence-electron chi connectivity index (χ0n) is 17.6. The molecule has 1 spiro atoms. The molecule has 0 aromatic heterocycles. The van der Waals surface area contributed by atoms with E-state index in [0.717, 1.165) is 37.7 Å². The van der Waals surface area contributed by atoms with Crippen LogP contribution in [-0.4, -0.2) is 51.1 Å². The number of rotatable bonds is 3. The largest absolute Gasteiger partial charge is 0.463 e. The SMILES string of the molecule is C=C1CC[C@H](Cl)[C@@](O)(COC(C)=O)C[C@@H]2O[C@@]23[C@H](C(C)(C)O)CC[C@@]3(C)CC1. The first-order valence-corrected chi connectivity index (χ1v) is 10.8. The Bertz CT molecular complexity index is 643. The number of esters is 1. The van der Waals surface area contributed by atoms with Gasteiger partial charge in [-0.05, 0) is 57.8 Å². The molecule has 0 aromatic carbocycles. The van der Waals surface area contributed by atoms with Crippen molar-refractivity contribution in [1.82, 2.24) is 0 Å². The van der Waals surface area contributed by atoms with Crippen molar-refractivity contribution in [1.29, 1.82) is 0 Å². The van der Waals surface area contributed by atoms with Gasteiger partial charge in [-0.2, -0.15) is 0 Å². The van der Waals surface area contributed by atoms with E-state index in [-0.39, 0.29) is 24.0 Å². The van der Waals surface area contributed by atoms with Crippen molar-refractivity contribution < 1.29 is 24.5 Å². The number of alkyl halides is 1. The summed E-state index contributed by atoms with van der Waals surface area (Å²) in [6.07, 6.45) is 5.08. The number of epoxide rings is 1. The Balaban J connectivity index is 1.95. The first-order valence-electron chi connectivity index (χ1n) is 10.4. The van der Waals surface area contributed by atoms with Crippen LogP contribution in [0.25, 0.3) is 0 Å². The quantitative estimate of drug-likeness (QED) is 0.318. The van der Waals surface area contributed by atoms with Gasteiger partial charge in [-0.1, -0.05) is 19.1 Å². The molecule has 1 saturated heterocycles. The van der Waals surface area contributed by atoms with Gasteiger partial charge in [0.1, 0.15) is 17.8 Å². The van der Waals surface area contributed by atoms with Gasteiger partial charge in [-0.15, -0.1) is 11.6 Å². The molecular weight excluding hydrogens is 380 g/mol. The predicted octanol–water partition coefficient (Wildman–Crippen LogP) is 3.73. The van der Waals surface area contributed by atoms with Gasteiger partial charge in [0.05, 0.1) is 17.1 Å². The van der Waals surface area contributed by atoms with Crippen LogP contribution >= 0.6 is 11.6 Å². The van der Waals surface area contributed by atoms with E-state index in [2.05, 4.69) is 13.5 Å². The summed E-state index contributed by atoms with van der Waals surface area (Å²) in [5.74, 6) is -0.460. The highest BCUT2D eigenvalue weighted by molar-refractivity contribution is 6.21. The molecular formula is C22H35ClO5. The van der Waals surface area contributed by atoms with Crippen LogP contribution in [0.15, 0.2) is 12.2 Å². The third-order valence-corrected chi connectivity index (χ3v) is 8.11. The van der Waals surface area contributed by atoms with Gasteiger partial charge in [-0.3, -0.25) is 4.79 Å². The molecule has 2 N–H and O–H groups in total. The minimum absolute atomic E-state index is 0.0178. The molecule has 1 aliphatic heterocycles. The third kappa shape index (κ3) is 3.76. The molecule has 160 valence electrons. The molecule has 2 saturated carbocycles. The maximum Gasteiger partial charge on any atom is 0.302 e. The minimum atomic E-state index is -1.38. The molecule has 0 unspecified atom stereocenters. The molecule has 0 amide bonds. The molecule has 6 heteroatoms. The average Bonchev–Trinajstić information content (AvgIpc) is 3.19. The lowest BCUT2D eigenvalue weighted by atomic mass is 9.67. The molecule has 1 heterocycles. The smallest absolute Gasteiger partial charge is 0.302 e. The Kier molecular flexibility index (Phi) is 5.72. The third-order valence-electron chi connectivity index (χ3n) is 7.49. The predicted molar refractivity (Wildman–Crippen MR) is 108 cm³/mol. The molecule has 3 fully saturated rings. The molecule has 3 aliphatic rings. The van der Waals surface area contributed by atoms with Gasteiger partial charge in [0.25, 0.3) is 0 Å². The van der Waals surface area contributed by atoms with Crippen molar-refractivity contribution in [2.24, 2.45) is 11.3 Å². The number of allylic oxidation sites excluding steroid dienone is 1. The lowest BCUT2D eigenvalue weighted by Gasteiger charge is -2.38. The van der Waals surface area contributed by atoms with E-state index < -0.39 is 28.1 Å². The Morgan fingerprint density at radius 3 is 2.64 bits per heavy atom. The number of carbonyl (C=O) groups is 1. The number of hydrogen-bond donors (Lipinski definition) is 2. The fraction of sp³-hybridized carbons (Fsp3) is 0.864. The summed E-state index contributed by atoms with van der Waals surface area (Å²) in [5.41, 5.74) is -1.73. The lowest BCUT2D eigenvalue weighted by molar-refractivity contribution is -0.149. The second-order valence-corrected chi connectivity index (χ2v) is 10.6. The highest BCUT2D eigenvalue weighted by Crippen LogP contribution is 2.68. The van der Waals surface area contributed by atoms with Crippen LogP contribution in [0.5, 0.6) is 0 Å². The zero-order chi connectivity index (χ0) is 21.0. The maximum absolute atomic E-state index is 11.4. The van der Waals surface area contributed by atoms with Crippen LogP contribution < -0.4 is 0 Å². The zero-order valence-corrected chi connectivity index (χ0v) is 18.3. The summed E-state index contributed by atoms with van der Waals surface area (Å²) in [5, 5.41) is 21.7. The molecule has 0 bridgehead atoms. The topological polar surface area (TPSA) is 79.3 Å². The summed E-state index contributed by atoms with van der Waals surface area (Å²) < 4.78 is 11.6. The molecule has 0 radical (unpaired) electrons. The van der Waals surface area contributed by atoms with Crippen LogP contribution in [0.4, 0.5) is 0 Å². The van der Waals surface area contributed by atoms with Crippen LogP contribution in [0.2, 0.25) is 0 Å². The molecule has 28 heavy (non-hydrogen) atoms. The highest BCUT2D eigenvalue weighted by atomic mass is 35.5. The van der Waals surface area contributed by atoms with Gasteiger partial charge in [0, 0.05) is 19.3 Å². The van der Waals surface area contributed by atoms with Crippen LogP contribution in [-0.2, 0) is 14.3 Å². The summed E-state index contributed by atoms with van der Waals surface area (Å²) in [7, 11) is 0. The van der Waals surface area contributed by atoms with Crippen LogP contribution in [0.3, 0.4) is 0 Å². The van der Waals surface area contributed by atoms with Gasteiger partial charge >= 0.3 is 5.97 Å². The van der Waals surface area contributed by atoms with Crippen molar-refractivity contribution in [3.63, 3.8) is 0 Å². The summed E-state index contributed by atoms with van der Waals surface area (Å²) in [6, 6.07) is 0. The van der Waals surface area contributed by atoms with E-state index in [1.807, 2.05) is 13.8 Å².